The number of likely N-dealkylation sites (tertiary alicyclic amines) is 1. The fraction of sp³-hybridized carbons (Fsp3) is 0.333. The molecule has 0 bridgehead atoms. The van der Waals surface area contributed by atoms with Gasteiger partial charge in [-0.1, -0.05) is 61.5 Å². The van der Waals surface area contributed by atoms with E-state index in [1.54, 1.807) is 4.90 Å². The maximum atomic E-state index is 6.77. The second kappa shape index (κ2) is 7.40. The number of hydrazine groups is 1. The zero-order valence-electron chi connectivity index (χ0n) is 18.1. The molecule has 158 valence electrons. The van der Waals surface area contributed by atoms with Crippen LogP contribution in [-0.4, -0.2) is 30.4 Å². The quantitative estimate of drug-likeness (QED) is 0.683. The van der Waals surface area contributed by atoms with Gasteiger partial charge < -0.3 is 15.1 Å². The molecule has 0 aliphatic carbocycles. The molecule has 3 aromatic rings. The van der Waals surface area contributed by atoms with Gasteiger partial charge in [0.15, 0.2) is 5.72 Å². The highest BCUT2D eigenvalue weighted by Crippen LogP contribution is 2.47. The number of para-hydroxylation sites is 1. The van der Waals surface area contributed by atoms with Crippen LogP contribution in [-0.2, 0) is 0 Å². The summed E-state index contributed by atoms with van der Waals surface area (Å²) in [4.78, 5) is 1.70. The maximum Gasteiger partial charge on any atom is 0.191 e. The molecule has 3 aliphatic heterocycles. The Morgan fingerprint density at radius 2 is 1.77 bits per heavy atom. The number of nitrogens with one attached hydrogen (secondary N) is 2. The summed E-state index contributed by atoms with van der Waals surface area (Å²) in [5.74, 6) is 1.04. The van der Waals surface area contributed by atoms with Gasteiger partial charge in [-0.3, -0.25) is 0 Å². The van der Waals surface area contributed by atoms with Gasteiger partial charge in [-0.15, -0.1) is 0 Å². The summed E-state index contributed by atoms with van der Waals surface area (Å²) in [7, 11) is 0. The Bertz CT molecular complexity index is 1150. The largest absolute Gasteiger partial charge is 0.470 e. The second-order valence-corrected chi connectivity index (χ2v) is 9.15. The summed E-state index contributed by atoms with van der Waals surface area (Å²) >= 11 is 0. The topological polar surface area (TPSA) is 28.9 Å². The van der Waals surface area contributed by atoms with Gasteiger partial charge in [0.2, 0.25) is 0 Å². The molecule has 0 amide bonds. The maximum absolute atomic E-state index is 6.77. The molecule has 2 N–H and O–H groups in total. The number of hydrogen-bond donors (Lipinski definition) is 2. The van der Waals surface area contributed by atoms with Crippen molar-refractivity contribution in [3.05, 3.63) is 83.9 Å². The van der Waals surface area contributed by atoms with Crippen molar-refractivity contribution in [1.82, 2.24) is 10.4 Å². The van der Waals surface area contributed by atoms with E-state index in [1.165, 1.54) is 40.6 Å². The number of fused-ring (bicyclic) bond motifs is 5. The molecule has 4 nitrogen and oxygen atoms in total. The lowest BCUT2D eigenvalue weighted by Crippen LogP contribution is -3.14. The van der Waals surface area contributed by atoms with Gasteiger partial charge in [-0.25, -0.2) is 0 Å². The number of hydrogen-bond acceptors (Lipinski definition) is 3. The Labute approximate surface area is 184 Å². The predicted octanol–water partition coefficient (Wildman–Crippen LogP) is 3.92. The van der Waals surface area contributed by atoms with Gasteiger partial charge in [-0.05, 0) is 41.0 Å². The Kier molecular flexibility index (Phi) is 4.51. The first kappa shape index (κ1) is 18.9. The highest BCUT2D eigenvalue weighted by Gasteiger charge is 2.52. The third-order valence-corrected chi connectivity index (χ3v) is 7.22. The molecule has 3 aromatic carbocycles. The van der Waals surface area contributed by atoms with Crippen LogP contribution in [0.1, 0.15) is 43.4 Å². The van der Waals surface area contributed by atoms with Crippen LogP contribution in [0.5, 0.6) is 5.75 Å². The number of quaternary nitrogens is 1. The van der Waals surface area contributed by atoms with Crippen molar-refractivity contribution >= 4 is 16.5 Å². The van der Waals surface area contributed by atoms with E-state index < -0.39 is 0 Å². The predicted molar refractivity (Wildman–Crippen MR) is 125 cm³/mol. The first-order valence-electron chi connectivity index (χ1n) is 11.6. The van der Waals surface area contributed by atoms with Crippen LogP contribution in [0.15, 0.2) is 72.8 Å². The van der Waals surface area contributed by atoms with Crippen LogP contribution in [0.3, 0.4) is 0 Å². The van der Waals surface area contributed by atoms with Crippen molar-refractivity contribution in [1.29, 1.82) is 0 Å². The van der Waals surface area contributed by atoms with Crippen LogP contribution in [0.4, 0.5) is 0 Å². The van der Waals surface area contributed by atoms with Crippen molar-refractivity contribution in [3.8, 4) is 5.75 Å². The van der Waals surface area contributed by atoms with Gasteiger partial charge in [0.25, 0.3) is 0 Å². The Morgan fingerprint density at radius 1 is 1.00 bits per heavy atom. The summed E-state index contributed by atoms with van der Waals surface area (Å²) in [6.07, 6.45) is 5.71. The SMILES string of the molecule is CCC[NH+]1CCC2(CC1)Oc1ccccc1[C@H]1C=C(c3ccc4ccccc4c3)NN12. The van der Waals surface area contributed by atoms with E-state index in [1.807, 2.05) is 0 Å². The zero-order chi connectivity index (χ0) is 20.8. The van der Waals surface area contributed by atoms with Gasteiger partial charge in [0.05, 0.1) is 44.2 Å². The Morgan fingerprint density at radius 3 is 2.61 bits per heavy atom. The van der Waals surface area contributed by atoms with Crippen LogP contribution in [0, 0.1) is 0 Å². The monoisotopic (exact) mass is 412 g/mol. The number of benzene rings is 3. The molecule has 1 atom stereocenters. The van der Waals surface area contributed by atoms with E-state index in [9.17, 15) is 0 Å². The number of nitrogens with zero attached hydrogens (tertiary/aromatic N) is 1. The van der Waals surface area contributed by atoms with Gasteiger partial charge in [-0.2, -0.15) is 5.01 Å². The summed E-state index contributed by atoms with van der Waals surface area (Å²) in [5, 5.41) is 4.96. The van der Waals surface area contributed by atoms with Crippen molar-refractivity contribution in [2.45, 2.75) is 38.0 Å². The summed E-state index contributed by atoms with van der Waals surface area (Å²) in [6.45, 7) is 5.85. The number of rotatable bonds is 3. The fourth-order valence-electron chi connectivity index (χ4n) is 5.58. The first-order chi connectivity index (χ1) is 15.3. The number of ether oxygens (including phenoxy) is 1. The first-order valence-corrected chi connectivity index (χ1v) is 11.6. The van der Waals surface area contributed by atoms with E-state index >= 15 is 0 Å². The van der Waals surface area contributed by atoms with Crippen LogP contribution >= 0.6 is 0 Å². The standard InChI is InChI=1S/C27H29N3O/c1-2-15-29-16-13-27(14-17-29)30-25(23-9-5-6-10-26(23)31-27)19-24(28-30)22-12-11-20-7-3-4-8-21(20)18-22/h3-12,18-19,25,28H,2,13-17H2,1H3/p+1/t25-/m1/s1. The summed E-state index contributed by atoms with van der Waals surface area (Å²) < 4.78 is 6.77. The lowest BCUT2D eigenvalue weighted by molar-refractivity contribution is -0.908. The van der Waals surface area contributed by atoms with Crippen LogP contribution in [0.2, 0.25) is 0 Å². The molecular weight excluding hydrogens is 382 g/mol. The second-order valence-electron chi connectivity index (χ2n) is 9.15. The molecule has 31 heavy (non-hydrogen) atoms. The van der Waals surface area contributed by atoms with Crippen molar-refractivity contribution in [3.63, 3.8) is 0 Å². The molecule has 0 unspecified atom stereocenters. The van der Waals surface area contributed by atoms with E-state index in [2.05, 4.69) is 90.2 Å². The minimum Gasteiger partial charge on any atom is -0.470 e. The zero-order valence-corrected chi connectivity index (χ0v) is 18.1. The fourth-order valence-corrected chi connectivity index (χ4v) is 5.58. The van der Waals surface area contributed by atoms with Crippen molar-refractivity contribution in [2.75, 3.05) is 19.6 Å². The van der Waals surface area contributed by atoms with E-state index in [0.29, 0.717) is 0 Å². The van der Waals surface area contributed by atoms with Crippen molar-refractivity contribution < 1.29 is 9.64 Å². The smallest absolute Gasteiger partial charge is 0.191 e. The highest BCUT2D eigenvalue weighted by molar-refractivity contribution is 5.86. The molecular formula is C27H30N3O+. The summed E-state index contributed by atoms with van der Waals surface area (Å²) in [5.41, 5.74) is 7.16. The molecule has 1 spiro atoms. The summed E-state index contributed by atoms with van der Waals surface area (Å²) in [6, 6.07) is 24.1. The van der Waals surface area contributed by atoms with Crippen molar-refractivity contribution in [2.24, 2.45) is 0 Å². The third kappa shape index (κ3) is 3.13. The number of piperidine rings is 1. The van der Waals surface area contributed by atoms with Gasteiger partial charge in [0, 0.05) is 5.56 Å². The Balaban J connectivity index is 1.37. The lowest BCUT2D eigenvalue weighted by atomic mass is 9.92. The van der Waals surface area contributed by atoms with Crippen LogP contribution in [0.25, 0.3) is 16.5 Å². The molecule has 1 saturated heterocycles. The molecule has 4 heteroatoms. The van der Waals surface area contributed by atoms with E-state index in [-0.39, 0.29) is 11.8 Å². The van der Waals surface area contributed by atoms with Gasteiger partial charge >= 0.3 is 0 Å². The average Bonchev–Trinajstić information content (AvgIpc) is 3.28. The minimum atomic E-state index is -0.286. The average molecular weight is 413 g/mol. The third-order valence-electron chi connectivity index (χ3n) is 7.22. The molecule has 3 heterocycles. The molecule has 1 fully saturated rings. The van der Waals surface area contributed by atoms with Crippen LogP contribution < -0.4 is 15.1 Å². The highest BCUT2D eigenvalue weighted by atomic mass is 16.5. The normalized spacial score (nSPS) is 27.3. The molecule has 6 rings (SSSR count). The Hall–Kier alpha value is -2.82. The molecule has 3 aliphatic rings. The minimum absolute atomic E-state index is 0.194. The molecule has 0 saturated carbocycles. The van der Waals surface area contributed by atoms with Gasteiger partial charge in [0.1, 0.15) is 5.75 Å². The molecule has 0 aromatic heterocycles. The van der Waals surface area contributed by atoms with E-state index in [4.69, 9.17) is 4.74 Å². The lowest BCUT2D eigenvalue weighted by Gasteiger charge is -2.50. The molecule has 0 radical (unpaired) electrons. The van der Waals surface area contributed by atoms with E-state index in [0.717, 1.165) is 31.7 Å².